The molecular weight excluding hydrogens is 595 g/mol. The summed E-state index contributed by atoms with van der Waals surface area (Å²) in [5, 5.41) is 4.09. The first kappa shape index (κ1) is 33.7. The highest BCUT2D eigenvalue weighted by Gasteiger charge is 2.70. The number of rotatable bonds is 6. The van der Waals surface area contributed by atoms with E-state index in [9.17, 15) is 9.18 Å². The first-order valence-corrected chi connectivity index (χ1v) is 18.6. The first-order chi connectivity index (χ1) is 22.7. The number of allylic oxidation sites excluding steroid dienone is 3. The molecule has 5 aliphatic carbocycles. The standard InChI is InChI=1S/C43H57FN2O2/c1-27(2)31-15-21-43(46-26-28-18-24-45-36(44)25-28)23-22-41(6)33(37(31)43)13-14-35-40(5)19-16-32(29-9-11-30(12-10-29)38(47)48-8)39(3,4)34(40)17-20-42(35,41)7/h9-12,16,18,24-25,31,33-35,37,46H,1,13-15,17,19-23,26H2,2-8H3. The molecule has 4 saturated carbocycles. The number of ether oxygens (including phenoxy) is 1. The van der Waals surface area contributed by atoms with Crippen molar-refractivity contribution in [1.82, 2.24) is 10.3 Å². The van der Waals surface area contributed by atoms with Gasteiger partial charge >= 0.3 is 5.97 Å². The lowest BCUT2D eigenvalue weighted by Crippen LogP contribution is -2.67. The maximum absolute atomic E-state index is 14.0. The van der Waals surface area contributed by atoms with E-state index in [0.29, 0.717) is 41.7 Å². The van der Waals surface area contributed by atoms with Gasteiger partial charge in [-0.2, -0.15) is 4.39 Å². The molecule has 0 spiro atoms. The van der Waals surface area contributed by atoms with Gasteiger partial charge in [-0.1, -0.05) is 65.0 Å². The highest BCUT2D eigenvalue weighted by Crippen LogP contribution is 2.76. The number of fused-ring (bicyclic) bond motifs is 7. The fourth-order valence-electron chi connectivity index (χ4n) is 13.3. The van der Waals surface area contributed by atoms with Crippen LogP contribution < -0.4 is 5.32 Å². The monoisotopic (exact) mass is 652 g/mol. The number of halogens is 1. The smallest absolute Gasteiger partial charge is 0.337 e. The Kier molecular flexibility index (Phi) is 8.17. The lowest BCUT2D eigenvalue weighted by Gasteiger charge is -2.72. The molecule has 1 aromatic heterocycles. The average molecular weight is 653 g/mol. The van der Waals surface area contributed by atoms with E-state index in [2.05, 4.69) is 76.6 Å². The number of benzene rings is 1. The van der Waals surface area contributed by atoms with Crippen LogP contribution >= 0.6 is 0 Å². The molecule has 0 aliphatic heterocycles. The molecule has 9 unspecified atom stereocenters. The molecule has 1 aromatic carbocycles. The van der Waals surface area contributed by atoms with Gasteiger partial charge in [-0.05, 0) is 157 Å². The summed E-state index contributed by atoms with van der Waals surface area (Å²) in [6, 6.07) is 11.6. The van der Waals surface area contributed by atoms with Crippen molar-refractivity contribution in [2.45, 2.75) is 111 Å². The van der Waals surface area contributed by atoms with E-state index in [-0.39, 0.29) is 33.2 Å². The number of carbonyl (C=O) groups is 1. The third-order valence-electron chi connectivity index (χ3n) is 15.7. The zero-order valence-corrected chi connectivity index (χ0v) is 30.4. The van der Waals surface area contributed by atoms with Gasteiger partial charge in [0.2, 0.25) is 5.95 Å². The fraction of sp³-hybridized carbons (Fsp3) is 0.628. The van der Waals surface area contributed by atoms with Crippen LogP contribution in [0.4, 0.5) is 4.39 Å². The molecule has 9 atom stereocenters. The van der Waals surface area contributed by atoms with Crippen LogP contribution in [0.15, 0.2) is 60.8 Å². The molecule has 5 heteroatoms. The number of hydrogen-bond donors (Lipinski definition) is 1. The lowest BCUT2D eigenvalue weighted by atomic mass is 9.33. The van der Waals surface area contributed by atoms with Crippen LogP contribution in [0.1, 0.15) is 121 Å². The number of aromatic nitrogens is 1. The SMILES string of the molecule is C=C(C)C1CCC2(NCc3ccnc(F)c3)CCC3(C)C(CCC4C5(C)CC=C(c6ccc(C(=O)OC)cc6)C(C)(C)C5CCC43C)C12. The maximum atomic E-state index is 14.0. The molecule has 2 aromatic rings. The molecular formula is C43H57FN2O2. The molecule has 7 rings (SSSR count). The van der Waals surface area contributed by atoms with Crippen molar-refractivity contribution in [1.29, 1.82) is 0 Å². The highest BCUT2D eigenvalue weighted by molar-refractivity contribution is 5.89. The predicted molar refractivity (Wildman–Crippen MR) is 191 cm³/mol. The van der Waals surface area contributed by atoms with E-state index in [1.165, 1.54) is 75.2 Å². The molecule has 0 saturated heterocycles. The summed E-state index contributed by atoms with van der Waals surface area (Å²) >= 11 is 0. The Morgan fingerprint density at radius 3 is 2.40 bits per heavy atom. The second kappa shape index (κ2) is 11.6. The maximum Gasteiger partial charge on any atom is 0.337 e. The number of pyridine rings is 1. The topological polar surface area (TPSA) is 51.2 Å². The molecule has 0 bridgehead atoms. The van der Waals surface area contributed by atoms with Gasteiger partial charge in [0.05, 0.1) is 12.7 Å². The average Bonchev–Trinajstić information content (AvgIpc) is 3.44. The van der Waals surface area contributed by atoms with Crippen LogP contribution in [0.3, 0.4) is 0 Å². The summed E-state index contributed by atoms with van der Waals surface area (Å²) < 4.78 is 19.0. The van der Waals surface area contributed by atoms with E-state index in [4.69, 9.17) is 4.74 Å². The molecule has 0 radical (unpaired) electrons. The van der Waals surface area contributed by atoms with Gasteiger partial charge in [-0.3, -0.25) is 0 Å². The summed E-state index contributed by atoms with van der Waals surface area (Å²) in [5.41, 5.74) is 6.48. The second-order valence-electron chi connectivity index (χ2n) is 17.8. The number of methoxy groups -OCH3 is 1. The number of nitrogens with one attached hydrogen (secondary N) is 1. The van der Waals surface area contributed by atoms with Crippen LogP contribution in [0, 0.1) is 57.2 Å². The van der Waals surface area contributed by atoms with Crippen molar-refractivity contribution in [2.75, 3.05) is 7.11 Å². The molecule has 258 valence electrons. The van der Waals surface area contributed by atoms with Crippen molar-refractivity contribution >= 4 is 11.5 Å². The van der Waals surface area contributed by atoms with Crippen LogP contribution in [0.25, 0.3) is 5.57 Å². The largest absolute Gasteiger partial charge is 0.465 e. The number of esters is 1. The number of hydrogen-bond acceptors (Lipinski definition) is 4. The van der Waals surface area contributed by atoms with Gasteiger partial charge < -0.3 is 10.1 Å². The van der Waals surface area contributed by atoms with Gasteiger partial charge in [0.15, 0.2) is 0 Å². The van der Waals surface area contributed by atoms with E-state index >= 15 is 0 Å². The highest BCUT2D eigenvalue weighted by atomic mass is 19.1. The minimum atomic E-state index is -0.398. The third kappa shape index (κ3) is 4.83. The van der Waals surface area contributed by atoms with Gasteiger partial charge in [0, 0.05) is 18.3 Å². The Balaban J connectivity index is 1.19. The van der Waals surface area contributed by atoms with Crippen LogP contribution in [-0.2, 0) is 11.3 Å². The zero-order valence-electron chi connectivity index (χ0n) is 30.4. The quantitative estimate of drug-likeness (QED) is 0.192. The van der Waals surface area contributed by atoms with Gasteiger partial charge in [0.25, 0.3) is 0 Å². The van der Waals surface area contributed by atoms with Gasteiger partial charge in [0.1, 0.15) is 0 Å². The fourth-order valence-corrected chi connectivity index (χ4v) is 13.3. The minimum absolute atomic E-state index is 0.0352. The summed E-state index contributed by atoms with van der Waals surface area (Å²) in [4.78, 5) is 15.9. The predicted octanol–water partition coefficient (Wildman–Crippen LogP) is 10.2. The summed E-state index contributed by atoms with van der Waals surface area (Å²) in [6.45, 7) is 20.5. The molecule has 4 nitrogen and oxygen atoms in total. The van der Waals surface area contributed by atoms with Crippen LogP contribution in [-0.4, -0.2) is 23.6 Å². The number of nitrogens with zero attached hydrogens (tertiary/aromatic N) is 1. The Labute approximate surface area is 288 Å². The summed E-state index contributed by atoms with van der Waals surface area (Å²) in [5.74, 6) is 2.34. The number of carbonyl (C=O) groups excluding carboxylic acids is 1. The lowest BCUT2D eigenvalue weighted by molar-refractivity contribution is -0.219. The molecule has 0 amide bonds. The Hall–Kier alpha value is -2.79. The normalized spacial score (nSPS) is 39.7. The van der Waals surface area contributed by atoms with Crippen molar-refractivity contribution in [3.8, 4) is 0 Å². The molecule has 4 fully saturated rings. The van der Waals surface area contributed by atoms with E-state index in [0.717, 1.165) is 12.0 Å². The molecule has 5 aliphatic rings. The first-order valence-electron chi connectivity index (χ1n) is 18.6. The Morgan fingerprint density at radius 2 is 1.71 bits per heavy atom. The van der Waals surface area contributed by atoms with E-state index < -0.39 is 5.95 Å². The van der Waals surface area contributed by atoms with Crippen molar-refractivity contribution in [3.05, 3.63) is 83.5 Å². The van der Waals surface area contributed by atoms with Crippen molar-refractivity contribution in [2.24, 2.45) is 51.2 Å². The van der Waals surface area contributed by atoms with E-state index in [1.807, 2.05) is 18.2 Å². The summed E-state index contributed by atoms with van der Waals surface area (Å²) in [6.07, 6.45) is 15.2. The Morgan fingerprint density at radius 1 is 0.958 bits per heavy atom. The van der Waals surface area contributed by atoms with Crippen molar-refractivity contribution < 1.29 is 13.9 Å². The van der Waals surface area contributed by atoms with Crippen LogP contribution in [0.2, 0.25) is 0 Å². The van der Waals surface area contributed by atoms with Gasteiger partial charge in [-0.25, -0.2) is 9.78 Å². The van der Waals surface area contributed by atoms with Gasteiger partial charge in [-0.15, -0.1) is 0 Å². The second-order valence-corrected chi connectivity index (χ2v) is 17.8. The van der Waals surface area contributed by atoms with Crippen LogP contribution in [0.5, 0.6) is 0 Å². The molecule has 1 N–H and O–H groups in total. The Bertz CT molecular complexity index is 1630. The minimum Gasteiger partial charge on any atom is -0.465 e. The van der Waals surface area contributed by atoms with E-state index in [1.54, 1.807) is 12.3 Å². The zero-order chi connectivity index (χ0) is 34.3. The molecule has 1 heterocycles. The molecule has 48 heavy (non-hydrogen) atoms. The van der Waals surface area contributed by atoms with Crippen molar-refractivity contribution in [3.63, 3.8) is 0 Å². The third-order valence-corrected chi connectivity index (χ3v) is 15.7. The summed E-state index contributed by atoms with van der Waals surface area (Å²) in [7, 11) is 1.44.